The van der Waals surface area contributed by atoms with Crippen LogP contribution in [0.1, 0.15) is 40.0 Å². The van der Waals surface area contributed by atoms with Crippen LogP contribution in [0.3, 0.4) is 0 Å². The van der Waals surface area contributed by atoms with Gasteiger partial charge in [-0.25, -0.2) is 0 Å². The molecule has 2 fully saturated rings. The fourth-order valence-corrected chi connectivity index (χ4v) is 3.95. The quantitative estimate of drug-likeness (QED) is 0.847. The molecule has 0 saturated carbocycles. The summed E-state index contributed by atoms with van der Waals surface area (Å²) in [5.41, 5.74) is 0.744. The first-order valence-corrected chi connectivity index (χ1v) is 9.19. The lowest BCUT2D eigenvalue weighted by Gasteiger charge is -2.38. The molecule has 1 atom stereocenters. The van der Waals surface area contributed by atoms with Crippen molar-refractivity contribution in [2.75, 3.05) is 24.6 Å². The Kier molecular flexibility index (Phi) is 5.13. The molecular formula is C20H28N2O3. The van der Waals surface area contributed by atoms with Gasteiger partial charge in [0.05, 0.1) is 18.2 Å². The Morgan fingerprint density at radius 1 is 1.20 bits per heavy atom. The highest BCUT2D eigenvalue weighted by molar-refractivity contribution is 5.95. The summed E-state index contributed by atoms with van der Waals surface area (Å²) in [7, 11) is 0. The van der Waals surface area contributed by atoms with Crippen LogP contribution < -0.4 is 4.90 Å². The highest BCUT2D eigenvalue weighted by Crippen LogP contribution is 2.39. The number of ether oxygens (including phenoxy) is 1. The first-order valence-electron chi connectivity index (χ1n) is 9.19. The van der Waals surface area contributed by atoms with Crippen LogP contribution in [-0.2, 0) is 14.3 Å². The molecule has 2 amide bonds. The number of nitrogens with zero attached hydrogens (tertiary/aromatic N) is 2. The lowest BCUT2D eigenvalue weighted by atomic mass is 9.86. The molecule has 1 aromatic rings. The first kappa shape index (κ1) is 17.9. The zero-order chi connectivity index (χ0) is 18.0. The average Bonchev–Trinajstić information content (AvgIpc) is 2.99. The van der Waals surface area contributed by atoms with Crippen molar-refractivity contribution in [3.05, 3.63) is 30.3 Å². The molecule has 2 heterocycles. The number of benzene rings is 1. The van der Waals surface area contributed by atoms with E-state index in [-0.39, 0.29) is 29.4 Å². The molecule has 0 unspecified atom stereocenters. The lowest BCUT2D eigenvalue weighted by Crippen LogP contribution is -2.47. The number of anilines is 1. The molecule has 0 bridgehead atoms. The minimum Gasteiger partial charge on any atom is -0.373 e. The fourth-order valence-electron chi connectivity index (χ4n) is 3.95. The van der Waals surface area contributed by atoms with E-state index >= 15 is 0 Å². The van der Waals surface area contributed by atoms with Gasteiger partial charge in [-0.3, -0.25) is 9.59 Å². The summed E-state index contributed by atoms with van der Waals surface area (Å²) >= 11 is 0. The van der Waals surface area contributed by atoms with Crippen LogP contribution in [0.4, 0.5) is 5.69 Å². The lowest BCUT2D eigenvalue weighted by molar-refractivity contribution is -0.133. The second-order valence-corrected chi connectivity index (χ2v) is 7.56. The van der Waals surface area contributed by atoms with E-state index in [1.54, 1.807) is 6.92 Å². The number of carbonyl (C=O) groups is 2. The molecule has 5 heteroatoms. The van der Waals surface area contributed by atoms with Crippen LogP contribution in [0.2, 0.25) is 0 Å². The topological polar surface area (TPSA) is 49.9 Å². The smallest absolute Gasteiger partial charge is 0.229 e. The van der Waals surface area contributed by atoms with Crippen LogP contribution in [0.25, 0.3) is 0 Å². The molecule has 5 nitrogen and oxygen atoms in total. The third-order valence-corrected chi connectivity index (χ3v) is 5.44. The Hall–Kier alpha value is -1.88. The molecule has 2 aliphatic rings. The van der Waals surface area contributed by atoms with Crippen molar-refractivity contribution in [1.82, 2.24) is 4.90 Å². The number of likely N-dealkylation sites (tertiary alicyclic amines) is 1. The Balaban J connectivity index is 1.76. The number of amides is 2. The van der Waals surface area contributed by atoms with Crippen LogP contribution in [0.15, 0.2) is 30.3 Å². The van der Waals surface area contributed by atoms with E-state index in [0.717, 1.165) is 38.0 Å². The number of para-hydroxylation sites is 1. The van der Waals surface area contributed by atoms with Gasteiger partial charge in [-0.15, -0.1) is 0 Å². The van der Waals surface area contributed by atoms with Gasteiger partial charge in [0.1, 0.15) is 0 Å². The summed E-state index contributed by atoms with van der Waals surface area (Å²) in [6.45, 7) is 7.55. The summed E-state index contributed by atoms with van der Waals surface area (Å²) < 4.78 is 6.22. The number of carbonyl (C=O) groups excluding carboxylic acids is 2. The van der Waals surface area contributed by atoms with Crippen LogP contribution in [0, 0.1) is 5.92 Å². The summed E-state index contributed by atoms with van der Waals surface area (Å²) in [5.74, 6) is 0.208. The predicted octanol–water partition coefficient (Wildman–Crippen LogP) is 2.85. The third-order valence-electron chi connectivity index (χ3n) is 5.44. The molecule has 136 valence electrons. The van der Waals surface area contributed by atoms with Crippen LogP contribution in [0.5, 0.6) is 0 Å². The number of piperidine rings is 1. The van der Waals surface area contributed by atoms with Gasteiger partial charge in [0.15, 0.2) is 0 Å². The second-order valence-electron chi connectivity index (χ2n) is 7.56. The Morgan fingerprint density at radius 2 is 1.84 bits per heavy atom. The maximum atomic E-state index is 12.9. The van der Waals surface area contributed by atoms with E-state index in [4.69, 9.17) is 4.74 Å². The van der Waals surface area contributed by atoms with Crippen molar-refractivity contribution in [3.8, 4) is 0 Å². The van der Waals surface area contributed by atoms with Crippen molar-refractivity contribution in [2.24, 2.45) is 5.92 Å². The van der Waals surface area contributed by atoms with Crippen molar-refractivity contribution >= 4 is 17.5 Å². The fraction of sp³-hybridized carbons (Fsp3) is 0.600. The number of hydrogen-bond acceptors (Lipinski definition) is 3. The molecule has 0 radical (unpaired) electrons. The second kappa shape index (κ2) is 7.16. The highest BCUT2D eigenvalue weighted by atomic mass is 16.5. The van der Waals surface area contributed by atoms with E-state index in [1.165, 1.54) is 0 Å². The zero-order valence-corrected chi connectivity index (χ0v) is 15.4. The van der Waals surface area contributed by atoms with Gasteiger partial charge in [-0.05, 0) is 31.4 Å². The number of rotatable bonds is 3. The summed E-state index contributed by atoms with van der Waals surface area (Å²) in [6, 6.07) is 9.93. The van der Waals surface area contributed by atoms with Crippen molar-refractivity contribution in [2.45, 2.75) is 51.7 Å². The molecule has 1 spiro atoms. The van der Waals surface area contributed by atoms with Crippen molar-refractivity contribution in [3.63, 3.8) is 0 Å². The molecule has 2 saturated heterocycles. The van der Waals surface area contributed by atoms with Gasteiger partial charge >= 0.3 is 0 Å². The largest absolute Gasteiger partial charge is 0.373 e. The molecular weight excluding hydrogens is 316 g/mol. The Morgan fingerprint density at radius 3 is 2.40 bits per heavy atom. The monoisotopic (exact) mass is 344 g/mol. The van der Waals surface area contributed by atoms with E-state index < -0.39 is 0 Å². The molecule has 25 heavy (non-hydrogen) atoms. The van der Waals surface area contributed by atoms with Crippen LogP contribution in [-0.4, -0.2) is 48.1 Å². The van der Waals surface area contributed by atoms with Crippen molar-refractivity contribution in [1.29, 1.82) is 0 Å². The summed E-state index contributed by atoms with van der Waals surface area (Å²) in [6.07, 6.45) is 2.54. The van der Waals surface area contributed by atoms with E-state index in [1.807, 2.05) is 54.0 Å². The van der Waals surface area contributed by atoms with Gasteiger partial charge in [0.2, 0.25) is 11.8 Å². The maximum absolute atomic E-state index is 12.9. The first-order chi connectivity index (χ1) is 11.9. The molecule has 2 aliphatic heterocycles. The summed E-state index contributed by atoms with van der Waals surface area (Å²) in [5, 5.41) is 0. The minimum atomic E-state index is -0.194. The van der Waals surface area contributed by atoms with E-state index in [0.29, 0.717) is 6.61 Å². The third kappa shape index (κ3) is 3.71. The Labute approximate surface area is 149 Å². The van der Waals surface area contributed by atoms with E-state index in [2.05, 4.69) is 0 Å². The average molecular weight is 344 g/mol. The zero-order valence-electron chi connectivity index (χ0n) is 15.4. The van der Waals surface area contributed by atoms with Crippen LogP contribution >= 0.6 is 0 Å². The van der Waals surface area contributed by atoms with Gasteiger partial charge in [0.25, 0.3) is 0 Å². The maximum Gasteiger partial charge on any atom is 0.229 e. The molecule has 0 aromatic heterocycles. The molecule has 0 N–H and O–H groups in total. The van der Waals surface area contributed by atoms with Gasteiger partial charge < -0.3 is 14.5 Å². The van der Waals surface area contributed by atoms with Gasteiger partial charge in [0, 0.05) is 31.6 Å². The highest BCUT2D eigenvalue weighted by Gasteiger charge is 2.46. The Bertz CT molecular complexity index is 621. The van der Waals surface area contributed by atoms with Crippen molar-refractivity contribution < 1.29 is 14.3 Å². The molecule has 3 rings (SSSR count). The summed E-state index contributed by atoms with van der Waals surface area (Å²) in [4.78, 5) is 28.2. The minimum absolute atomic E-state index is 0.0566. The number of hydrogen-bond donors (Lipinski definition) is 0. The van der Waals surface area contributed by atoms with Gasteiger partial charge in [-0.1, -0.05) is 32.0 Å². The normalized spacial score (nSPS) is 22.4. The molecule has 1 aromatic carbocycles. The van der Waals surface area contributed by atoms with E-state index in [9.17, 15) is 9.59 Å². The van der Waals surface area contributed by atoms with Gasteiger partial charge in [-0.2, -0.15) is 0 Å². The standard InChI is InChI=1S/C20H28N2O3/c1-15(2)19(24)22(17-7-5-4-6-8-17)18-13-20(25-14-18)9-11-21(12-10-20)16(3)23/h4-8,15,18H,9-14H2,1-3H3/t18-/m1/s1. The predicted molar refractivity (Wildman–Crippen MR) is 97.3 cm³/mol. The SMILES string of the molecule is CC(=O)N1CCC2(CC1)C[C@@H](N(C(=O)C(C)C)c1ccccc1)CO2. The molecule has 0 aliphatic carbocycles.